The Bertz CT molecular complexity index is 656. The van der Waals surface area contributed by atoms with Gasteiger partial charge in [-0.3, -0.25) is 0 Å². The summed E-state index contributed by atoms with van der Waals surface area (Å²) in [5, 5.41) is 2.16. The summed E-state index contributed by atoms with van der Waals surface area (Å²) in [5.41, 5.74) is 1.46. The largest absolute Gasteiger partial charge is 0.496 e. The van der Waals surface area contributed by atoms with Crippen molar-refractivity contribution in [2.75, 3.05) is 13.7 Å². The summed E-state index contributed by atoms with van der Waals surface area (Å²) >= 11 is 0. The normalized spacial score (nSPS) is 11.4. The van der Waals surface area contributed by atoms with Gasteiger partial charge in [0, 0.05) is 11.1 Å². The third-order valence-corrected chi connectivity index (χ3v) is 3.11. The number of methoxy groups -OCH3 is 1. The molecule has 104 valence electrons. The van der Waals surface area contributed by atoms with Gasteiger partial charge in [0.15, 0.2) is 0 Å². The lowest BCUT2D eigenvalue weighted by atomic mass is 10.0. The summed E-state index contributed by atoms with van der Waals surface area (Å²) < 4.78 is 10.4. The average Bonchev–Trinajstić information content (AvgIpc) is 2.47. The smallest absolute Gasteiger partial charge is 0.333 e. The van der Waals surface area contributed by atoms with Crippen LogP contribution >= 0.6 is 0 Å². The Hall–Kier alpha value is -2.29. The van der Waals surface area contributed by atoms with Crippen LogP contribution in [-0.4, -0.2) is 19.7 Å². The SMILES string of the molecule is CCOC(=O)/C(C)=C/c1c(OC)ccc2ccccc12. The number of hydrogen-bond donors (Lipinski definition) is 0. The van der Waals surface area contributed by atoms with Crippen molar-refractivity contribution >= 4 is 22.8 Å². The molecule has 0 unspecified atom stereocenters. The average molecular weight is 270 g/mol. The van der Waals surface area contributed by atoms with Crippen molar-refractivity contribution in [3.63, 3.8) is 0 Å². The fourth-order valence-electron chi connectivity index (χ4n) is 2.12. The van der Waals surface area contributed by atoms with Gasteiger partial charge in [0.2, 0.25) is 0 Å². The van der Waals surface area contributed by atoms with E-state index in [2.05, 4.69) is 0 Å². The second-order valence-corrected chi connectivity index (χ2v) is 4.45. The van der Waals surface area contributed by atoms with Gasteiger partial charge in [0.25, 0.3) is 0 Å². The van der Waals surface area contributed by atoms with Crippen LogP contribution in [0.15, 0.2) is 42.0 Å². The van der Waals surface area contributed by atoms with Gasteiger partial charge < -0.3 is 9.47 Å². The van der Waals surface area contributed by atoms with E-state index in [1.54, 1.807) is 21.0 Å². The molecule has 0 spiro atoms. The lowest BCUT2D eigenvalue weighted by Crippen LogP contribution is -2.05. The quantitative estimate of drug-likeness (QED) is 0.626. The summed E-state index contributed by atoms with van der Waals surface area (Å²) in [6.45, 7) is 3.92. The van der Waals surface area contributed by atoms with Crippen molar-refractivity contribution in [3.05, 3.63) is 47.5 Å². The minimum Gasteiger partial charge on any atom is -0.496 e. The molecule has 2 aromatic rings. The molecule has 0 aliphatic heterocycles. The van der Waals surface area contributed by atoms with Gasteiger partial charge in [0.1, 0.15) is 5.75 Å². The van der Waals surface area contributed by atoms with E-state index in [0.717, 1.165) is 22.1 Å². The summed E-state index contributed by atoms with van der Waals surface area (Å²) in [6, 6.07) is 11.9. The number of esters is 1. The van der Waals surface area contributed by atoms with Crippen molar-refractivity contribution in [2.24, 2.45) is 0 Å². The Balaban J connectivity index is 2.56. The van der Waals surface area contributed by atoms with Crippen molar-refractivity contribution in [3.8, 4) is 5.75 Å². The molecule has 0 bridgehead atoms. The molecule has 2 aromatic carbocycles. The predicted molar refractivity (Wildman–Crippen MR) is 80.8 cm³/mol. The molecule has 0 atom stereocenters. The molecule has 0 aliphatic carbocycles. The van der Waals surface area contributed by atoms with E-state index in [9.17, 15) is 4.79 Å². The molecule has 0 heterocycles. The van der Waals surface area contributed by atoms with Crippen LogP contribution in [0.2, 0.25) is 0 Å². The van der Waals surface area contributed by atoms with Gasteiger partial charge in [-0.05, 0) is 36.8 Å². The Kier molecular flexibility index (Phi) is 4.41. The van der Waals surface area contributed by atoms with Gasteiger partial charge >= 0.3 is 5.97 Å². The van der Waals surface area contributed by atoms with E-state index in [-0.39, 0.29) is 5.97 Å². The number of rotatable bonds is 4. The van der Waals surface area contributed by atoms with E-state index in [1.165, 1.54) is 0 Å². The number of carbonyl (C=O) groups is 1. The lowest BCUT2D eigenvalue weighted by Gasteiger charge is -2.10. The zero-order chi connectivity index (χ0) is 14.5. The van der Waals surface area contributed by atoms with Crippen LogP contribution in [0.4, 0.5) is 0 Å². The number of fused-ring (bicyclic) bond motifs is 1. The third-order valence-electron chi connectivity index (χ3n) is 3.11. The monoisotopic (exact) mass is 270 g/mol. The summed E-state index contributed by atoms with van der Waals surface area (Å²) in [6.07, 6.45) is 1.82. The molecule has 3 nitrogen and oxygen atoms in total. The Morgan fingerprint density at radius 3 is 2.65 bits per heavy atom. The minimum atomic E-state index is -0.303. The zero-order valence-electron chi connectivity index (χ0n) is 12.0. The molecule has 0 fully saturated rings. The van der Waals surface area contributed by atoms with E-state index in [4.69, 9.17) is 9.47 Å². The van der Waals surface area contributed by atoms with Crippen LogP contribution in [0.25, 0.3) is 16.8 Å². The van der Waals surface area contributed by atoms with Gasteiger partial charge in [0.05, 0.1) is 13.7 Å². The summed E-state index contributed by atoms with van der Waals surface area (Å²) in [4.78, 5) is 11.8. The maximum atomic E-state index is 11.8. The first kappa shape index (κ1) is 14.1. The first-order chi connectivity index (χ1) is 9.67. The highest BCUT2D eigenvalue weighted by atomic mass is 16.5. The second kappa shape index (κ2) is 6.24. The summed E-state index contributed by atoms with van der Waals surface area (Å²) in [7, 11) is 1.63. The molecule has 20 heavy (non-hydrogen) atoms. The third kappa shape index (κ3) is 2.82. The highest BCUT2D eigenvalue weighted by molar-refractivity contribution is 5.99. The Labute approximate surface area is 118 Å². The molecule has 0 aliphatic rings. The first-order valence-electron chi connectivity index (χ1n) is 6.58. The van der Waals surface area contributed by atoms with Gasteiger partial charge in [-0.1, -0.05) is 30.3 Å². The number of ether oxygens (including phenoxy) is 2. The minimum absolute atomic E-state index is 0.303. The Morgan fingerprint density at radius 1 is 1.20 bits per heavy atom. The summed E-state index contributed by atoms with van der Waals surface area (Å²) in [5.74, 6) is 0.440. The van der Waals surface area contributed by atoms with Crippen LogP contribution < -0.4 is 4.74 Å². The predicted octanol–water partition coefficient (Wildman–Crippen LogP) is 3.81. The fraction of sp³-hybridized carbons (Fsp3) is 0.235. The zero-order valence-corrected chi connectivity index (χ0v) is 12.0. The molecule has 2 rings (SSSR count). The molecule has 0 radical (unpaired) electrons. The standard InChI is InChI=1S/C17H18O3/c1-4-20-17(18)12(2)11-15-14-8-6-5-7-13(14)9-10-16(15)19-3/h5-11H,4H2,1-3H3/b12-11+. The highest BCUT2D eigenvalue weighted by Gasteiger charge is 2.10. The van der Waals surface area contributed by atoms with E-state index >= 15 is 0 Å². The topological polar surface area (TPSA) is 35.5 Å². The van der Waals surface area contributed by atoms with Gasteiger partial charge in [-0.15, -0.1) is 0 Å². The fourth-order valence-corrected chi connectivity index (χ4v) is 2.12. The number of hydrogen-bond acceptors (Lipinski definition) is 3. The number of benzene rings is 2. The molecular weight excluding hydrogens is 252 g/mol. The van der Waals surface area contributed by atoms with E-state index in [1.807, 2.05) is 42.5 Å². The van der Waals surface area contributed by atoms with Crippen LogP contribution in [0.3, 0.4) is 0 Å². The molecule has 3 heteroatoms. The van der Waals surface area contributed by atoms with Crippen molar-refractivity contribution < 1.29 is 14.3 Å². The van der Waals surface area contributed by atoms with Gasteiger partial charge in [-0.25, -0.2) is 4.79 Å². The van der Waals surface area contributed by atoms with Crippen LogP contribution in [0, 0.1) is 0 Å². The van der Waals surface area contributed by atoms with E-state index < -0.39 is 0 Å². The molecule has 0 amide bonds. The maximum Gasteiger partial charge on any atom is 0.333 e. The van der Waals surface area contributed by atoms with Crippen LogP contribution in [0.1, 0.15) is 19.4 Å². The first-order valence-corrected chi connectivity index (χ1v) is 6.58. The maximum absolute atomic E-state index is 11.8. The number of carbonyl (C=O) groups excluding carboxylic acids is 1. The molecule has 0 aromatic heterocycles. The molecular formula is C17H18O3. The van der Waals surface area contributed by atoms with Crippen molar-refractivity contribution in [2.45, 2.75) is 13.8 Å². The second-order valence-electron chi connectivity index (χ2n) is 4.45. The lowest BCUT2D eigenvalue weighted by molar-refractivity contribution is -0.138. The Morgan fingerprint density at radius 2 is 1.95 bits per heavy atom. The van der Waals surface area contributed by atoms with Gasteiger partial charge in [-0.2, -0.15) is 0 Å². The van der Waals surface area contributed by atoms with Crippen LogP contribution in [0.5, 0.6) is 5.75 Å². The molecule has 0 saturated carbocycles. The van der Waals surface area contributed by atoms with E-state index in [0.29, 0.717) is 12.2 Å². The molecule has 0 N–H and O–H groups in total. The van der Waals surface area contributed by atoms with Crippen molar-refractivity contribution in [1.82, 2.24) is 0 Å². The highest BCUT2D eigenvalue weighted by Crippen LogP contribution is 2.30. The molecule has 0 saturated heterocycles. The van der Waals surface area contributed by atoms with Crippen molar-refractivity contribution in [1.29, 1.82) is 0 Å². The van der Waals surface area contributed by atoms with Crippen LogP contribution in [-0.2, 0) is 9.53 Å².